The molecule has 0 aliphatic carbocycles. The highest BCUT2D eigenvalue weighted by Crippen LogP contribution is 2.28. The highest BCUT2D eigenvalue weighted by atomic mass is 16.5. The molecule has 2 N–H and O–H groups in total. The van der Waals surface area contributed by atoms with Gasteiger partial charge in [0.05, 0.1) is 31.9 Å². The normalized spacial score (nSPS) is 10.8. The molecule has 0 aliphatic heterocycles. The van der Waals surface area contributed by atoms with Gasteiger partial charge in [0.25, 0.3) is 5.91 Å². The molecule has 8 nitrogen and oxygen atoms in total. The van der Waals surface area contributed by atoms with Crippen molar-refractivity contribution in [1.29, 1.82) is 0 Å². The summed E-state index contributed by atoms with van der Waals surface area (Å²) in [5.41, 5.74) is 3.71. The Hall–Kier alpha value is -3.42. The summed E-state index contributed by atoms with van der Waals surface area (Å²) in [4.78, 5) is 27.9. The van der Waals surface area contributed by atoms with Crippen LogP contribution in [0.2, 0.25) is 0 Å². The molecule has 2 amide bonds. The van der Waals surface area contributed by atoms with Gasteiger partial charge in [-0.25, -0.2) is 5.43 Å². The third-order valence-electron chi connectivity index (χ3n) is 3.37. The monoisotopic (exact) mass is 356 g/mol. The number of rotatable bonds is 7. The molecule has 2 aromatic rings. The van der Waals surface area contributed by atoms with Gasteiger partial charge in [0.2, 0.25) is 5.91 Å². The van der Waals surface area contributed by atoms with E-state index in [1.807, 2.05) is 0 Å². The molecule has 1 aromatic carbocycles. The Morgan fingerprint density at radius 1 is 1.19 bits per heavy atom. The fraction of sp³-hybridized carbons (Fsp3) is 0.222. The quantitative estimate of drug-likeness (QED) is 0.585. The number of anilines is 1. The first-order chi connectivity index (χ1) is 12.5. The summed E-state index contributed by atoms with van der Waals surface area (Å²) >= 11 is 0. The number of carbonyl (C=O) groups excluding carboxylic acids is 2. The van der Waals surface area contributed by atoms with Crippen LogP contribution in [-0.4, -0.2) is 36.7 Å². The molecule has 0 radical (unpaired) electrons. The Labute approximate surface area is 151 Å². The predicted octanol–water partition coefficient (Wildman–Crippen LogP) is 2.23. The van der Waals surface area contributed by atoms with Crippen molar-refractivity contribution in [2.45, 2.75) is 13.3 Å². The largest absolute Gasteiger partial charge is 0.497 e. The molecule has 1 heterocycles. The topological polar surface area (TPSA) is 102 Å². The van der Waals surface area contributed by atoms with E-state index in [9.17, 15) is 9.59 Å². The van der Waals surface area contributed by atoms with Gasteiger partial charge in [0, 0.05) is 24.2 Å². The molecule has 0 aliphatic rings. The van der Waals surface area contributed by atoms with Crippen molar-refractivity contribution < 1.29 is 19.1 Å². The Bertz CT molecular complexity index is 806. The molecule has 26 heavy (non-hydrogen) atoms. The van der Waals surface area contributed by atoms with E-state index in [1.54, 1.807) is 43.5 Å². The number of hydrogen-bond acceptors (Lipinski definition) is 6. The van der Waals surface area contributed by atoms with Crippen LogP contribution in [0.5, 0.6) is 11.5 Å². The molecule has 1 aromatic heterocycles. The van der Waals surface area contributed by atoms with Crippen LogP contribution in [0, 0.1) is 0 Å². The predicted molar refractivity (Wildman–Crippen MR) is 97.6 cm³/mol. The van der Waals surface area contributed by atoms with Gasteiger partial charge in [0.1, 0.15) is 11.5 Å². The number of hydrazone groups is 1. The zero-order valence-electron chi connectivity index (χ0n) is 14.8. The van der Waals surface area contributed by atoms with Crippen molar-refractivity contribution in [3.8, 4) is 11.5 Å². The molecule has 8 heteroatoms. The van der Waals surface area contributed by atoms with Crippen molar-refractivity contribution in [2.24, 2.45) is 5.10 Å². The summed E-state index contributed by atoms with van der Waals surface area (Å²) in [5, 5.41) is 6.67. The van der Waals surface area contributed by atoms with Crippen molar-refractivity contribution in [3.05, 3.63) is 48.3 Å². The maximum absolute atomic E-state index is 12.2. The molecule has 0 fully saturated rings. The lowest BCUT2D eigenvalue weighted by molar-refractivity contribution is -0.115. The number of benzene rings is 1. The number of nitrogens with zero attached hydrogens (tertiary/aromatic N) is 2. The zero-order chi connectivity index (χ0) is 18.9. The minimum atomic E-state index is -0.396. The first-order valence-electron chi connectivity index (χ1n) is 7.79. The molecule has 0 bridgehead atoms. The smallest absolute Gasteiger partial charge is 0.272 e. The van der Waals surface area contributed by atoms with Crippen LogP contribution >= 0.6 is 0 Å². The number of pyridine rings is 1. The number of ether oxygens (including phenoxy) is 2. The van der Waals surface area contributed by atoms with Gasteiger partial charge in [-0.1, -0.05) is 0 Å². The third-order valence-corrected chi connectivity index (χ3v) is 3.37. The Morgan fingerprint density at radius 3 is 2.65 bits per heavy atom. The van der Waals surface area contributed by atoms with Gasteiger partial charge >= 0.3 is 0 Å². The van der Waals surface area contributed by atoms with E-state index in [-0.39, 0.29) is 12.3 Å². The summed E-state index contributed by atoms with van der Waals surface area (Å²) in [7, 11) is 3.05. The lowest BCUT2D eigenvalue weighted by Crippen LogP contribution is -2.21. The Morgan fingerprint density at radius 2 is 2.00 bits per heavy atom. The van der Waals surface area contributed by atoms with Gasteiger partial charge in [-0.05, 0) is 31.2 Å². The van der Waals surface area contributed by atoms with Crippen LogP contribution in [0.3, 0.4) is 0 Å². The highest BCUT2D eigenvalue weighted by molar-refractivity contribution is 6.06. The maximum Gasteiger partial charge on any atom is 0.272 e. The second-order valence-corrected chi connectivity index (χ2v) is 5.32. The van der Waals surface area contributed by atoms with Crippen molar-refractivity contribution >= 4 is 23.2 Å². The van der Waals surface area contributed by atoms with Crippen LogP contribution in [0.15, 0.2) is 47.8 Å². The molecule has 0 saturated carbocycles. The number of carbonyl (C=O) groups is 2. The Balaban J connectivity index is 1.95. The van der Waals surface area contributed by atoms with Crippen LogP contribution in [-0.2, 0) is 4.79 Å². The summed E-state index contributed by atoms with van der Waals surface area (Å²) in [5.74, 6) is 0.412. The zero-order valence-corrected chi connectivity index (χ0v) is 14.8. The average Bonchev–Trinajstić information content (AvgIpc) is 2.66. The van der Waals surface area contributed by atoms with Crippen molar-refractivity contribution in [1.82, 2.24) is 10.4 Å². The molecule has 0 spiro atoms. The number of aromatic nitrogens is 1. The van der Waals surface area contributed by atoms with E-state index >= 15 is 0 Å². The molecule has 0 saturated heterocycles. The van der Waals surface area contributed by atoms with E-state index in [0.29, 0.717) is 28.5 Å². The third kappa shape index (κ3) is 5.30. The summed E-state index contributed by atoms with van der Waals surface area (Å²) < 4.78 is 10.4. The summed E-state index contributed by atoms with van der Waals surface area (Å²) in [6.45, 7) is 1.64. The Kier molecular flexibility index (Phi) is 6.67. The highest BCUT2D eigenvalue weighted by Gasteiger charge is 2.11. The first kappa shape index (κ1) is 18.9. The van der Waals surface area contributed by atoms with Crippen molar-refractivity contribution in [2.75, 3.05) is 19.5 Å². The molecule has 0 atom stereocenters. The minimum Gasteiger partial charge on any atom is -0.497 e. The van der Waals surface area contributed by atoms with Crippen LogP contribution in [0.4, 0.5) is 5.69 Å². The average molecular weight is 356 g/mol. The number of amides is 2. The molecule has 136 valence electrons. The van der Waals surface area contributed by atoms with Gasteiger partial charge in [-0.3, -0.25) is 14.6 Å². The molecule has 0 unspecified atom stereocenters. The van der Waals surface area contributed by atoms with Crippen LogP contribution in [0.25, 0.3) is 0 Å². The van der Waals surface area contributed by atoms with E-state index < -0.39 is 5.91 Å². The van der Waals surface area contributed by atoms with E-state index in [2.05, 4.69) is 20.8 Å². The van der Waals surface area contributed by atoms with Crippen molar-refractivity contribution in [3.63, 3.8) is 0 Å². The van der Waals surface area contributed by atoms with Crippen LogP contribution < -0.4 is 20.2 Å². The van der Waals surface area contributed by atoms with E-state index in [1.165, 1.54) is 20.4 Å². The fourth-order valence-corrected chi connectivity index (χ4v) is 2.09. The number of methoxy groups -OCH3 is 2. The minimum absolute atomic E-state index is 0.00762. The SMILES string of the molecule is COc1ccc(OC)c(NC(=O)CC(C)=NNC(=O)c2cccnc2)c1. The number of hydrogen-bond donors (Lipinski definition) is 2. The summed E-state index contributed by atoms with van der Waals surface area (Å²) in [6.07, 6.45) is 3.01. The lowest BCUT2D eigenvalue weighted by atomic mass is 10.2. The van der Waals surface area contributed by atoms with Gasteiger partial charge in [-0.15, -0.1) is 0 Å². The first-order valence-corrected chi connectivity index (χ1v) is 7.79. The van der Waals surface area contributed by atoms with E-state index in [0.717, 1.165) is 0 Å². The molecule has 2 rings (SSSR count). The van der Waals surface area contributed by atoms with Gasteiger partial charge in [-0.2, -0.15) is 5.10 Å². The summed E-state index contributed by atoms with van der Waals surface area (Å²) in [6, 6.07) is 8.36. The van der Waals surface area contributed by atoms with Gasteiger partial charge in [0.15, 0.2) is 0 Å². The fourth-order valence-electron chi connectivity index (χ4n) is 2.09. The number of nitrogens with one attached hydrogen (secondary N) is 2. The second kappa shape index (κ2) is 9.16. The van der Waals surface area contributed by atoms with Gasteiger partial charge < -0.3 is 14.8 Å². The molecular formula is C18H20N4O4. The molecular weight excluding hydrogens is 336 g/mol. The second-order valence-electron chi connectivity index (χ2n) is 5.32. The van der Waals surface area contributed by atoms with Crippen LogP contribution in [0.1, 0.15) is 23.7 Å². The van der Waals surface area contributed by atoms with E-state index in [4.69, 9.17) is 9.47 Å². The lowest BCUT2D eigenvalue weighted by Gasteiger charge is -2.11. The maximum atomic E-state index is 12.2. The standard InChI is InChI=1S/C18H20N4O4/c1-12(21-22-18(24)13-5-4-8-19-11-13)9-17(23)20-15-10-14(25-2)6-7-16(15)26-3/h4-8,10-11H,9H2,1-3H3,(H,20,23)(H,22,24).